The van der Waals surface area contributed by atoms with Gasteiger partial charge < -0.3 is 4.42 Å². The Morgan fingerprint density at radius 3 is 2.56 bits per heavy atom. The van der Waals surface area contributed by atoms with Crippen molar-refractivity contribution in [1.29, 1.82) is 0 Å². The average Bonchev–Trinajstić information content (AvgIpc) is 3.01. The van der Waals surface area contributed by atoms with E-state index < -0.39 is 0 Å². The Morgan fingerprint density at radius 2 is 1.94 bits per heavy atom. The van der Waals surface area contributed by atoms with Gasteiger partial charge in [0.05, 0.1) is 6.26 Å². The zero-order valence-electron chi connectivity index (χ0n) is 8.50. The van der Waals surface area contributed by atoms with Crippen LogP contribution in [0.15, 0.2) is 58.5 Å². The maximum Gasteiger partial charge on any atom is 0.185 e. The number of carbonyl (C=O) groups is 1. The monoisotopic (exact) mass is 230 g/mol. The lowest BCUT2D eigenvalue weighted by Gasteiger charge is -1.82. The average molecular weight is 230 g/mol. The molecule has 0 radical (unpaired) electrons. The van der Waals surface area contributed by atoms with Crippen LogP contribution in [-0.2, 0) is 0 Å². The van der Waals surface area contributed by atoms with E-state index in [1.165, 1.54) is 16.3 Å². The standard InChI is InChI=1S/C8H6S.C5H4O2/c1-2-4-8-7(3-1)5-6-9-8;6-4-5-2-1-3-7-5/h1-6H;1-4H. The Kier molecular flexibility index (Phi) is 3.51. The Hall–Kier alpha value is -1.87. The first-order chi connectivity index (χ1) is 7.90. The quantitative estimate of drug-likeness (QED) is 0.591. The van der Waals surface area contributed by atoms with E-state index in [4.69, 9.17) is 0 Å². The number of benzene rings is 1. The van der Waals surface area contributed by atoms with Gasteiger partial charge in [0.15, 0.2) is 12.0 Å². The van der Waals surface area contributed by atoms with Crippen molar-refractivity contribution < 1.29 is 9.21 Å². The molecule has 0 N–H and O–H groups in total. The van der Waals surface area contributed by atoms with Crippen molar-refractivity contribution in [3.8, 4) is 0 Å². The number of rotatable bonds is 1. The number of aldehydes is 1. The van der Waals surface area contributed by atoms with Crippen LogP contribution in [0, 0.1) is 0 Å². The molecule has 2 heterocycles. The van der Waals surface area contributed by atoms with Gasteiger partial charge >= 0.3 is 0 Å². The highest BCUT2D eigenvalue weighted by Crippen LogP contribution is 2.18. The lowest BCUT2D eigenvalue weighted by molar-refractivity contribution is 0.110. The lowest BCUT2D eigenvalue weighted by atomic mass is 10.3. The largest absolute Gasteiger partial charge is 0.462 e. The molecule has 0 fully saturated rings. The molecular formula is C13H10O2S. The summed E-state index contributed by atoms with van der Waals surface area (Å²) in [5.74, 6) is 0.375. The van der Waals surface area contributed by atoms with Crippen molar-refractivity contribution in [2.24, 2.45) is 0 Å². The lowest BCUT2D eigenvalue weighted by Crippen LogP contribution is -1.65. The summed E-state index contributed by atoms with van der Waals surface area (Å²) in [5.41, 5.74) is 0. The molecule has 1 aromatic carbocycles. The second-order valence-corrected chi connectivity index (χ2v) is 4.04. The Bertz CT molecular complexity index is 522. The normalized spacial score (nSPS) is 9.50. The molecule has 0 unspecified atom stereocenters. The topological polar surface area (TPSA) is 30.2 Å². The van der Waals surface area contributed by atoms with E-state index in [0.29, 0.717) is 12.0 Å². The summed E-state index contributed by atoms with van der Waals surface area (Å²) in [4.78, 5) is 9.77. The van der Waals surface area contributed by atoms with Crippen molar-refractivity contribution in [2.45, 2.75) is 0 Å². The molecule has 0 atom stereocenters. The second kappa shape index (κ2) is 5.28. The van der Waals surface area contributed by atoms with E-state index in [9.17, 15) is 4.79 Å². The highest BCUT2D eigenvalue weighted by molar-refractivity contribution is 7.17. The van der Waals surface area contributed by atoms with Crippen molar-refractivity contribution in [1.82, 2.24) is 0 Å². The van der Waals surface area contributed by atoms with Gasteiger partial charge in [-0.2, -0.15) is 0 Å². The maximum atomic E-state index is 9.77. The first kappa shape index (κ1) is 10.6. The first-order valence-corrected chi connectivity index (χ1v) is 5.69. The van der Waals surface area contributed by atoms with Crippen LogP contribution < -0.4 is 0 Å². The molecule has 80 valence electrons. The molecule has 0 saturated heterocycles. The van der Waals surface area contributed by atoms with Crippen molar-refractivity contribution in [3.63, 3.8) is 0 Å². The van der Waals surface area contributed by atoms with Gasteiger partial charge in [-0.1, -0.05) is 18.2 Å². The summed E-state index contributed by atoms with van der Waals surface area (Å²) < 4.78 is 5.99. The van der Waals surface area contributed by atoms with Gasteiger partial charge in [0.1, 0.15) is 0 Å². The Morgan fingerprint density at radius 1 is 1.06 bits per heavy atom. The third-order valence-corrected chi connectivity index (χ3v) is 2.92. The maximum absolute atomic E-state index is 9.77. The molecule has 0 aliphatic heterocycles. The van der Waals surface area contributed by atoms with Crippen LogP contribution in [0.25, 0.3) is 10.1 Å². The summed E-state index contributed by atoms with van der Waals surface area (Å²) in [7, 11) is 0. The van der Waals surface area contributed by atoms with Crippen molar-refractivity contribution in [2.75, 3.05) is 0 Å². The van der Waals surface area contributed by atoms with Gasteiger partial charge in [0.2, 0.25) is 0 Å². The molecule has 2 nitrogen and oxygen atoms in total. The predicted molar refractivity (Wildman–Crippen MR) is 65.9 cm³/mol. The van der Waals surface area contributed by atoms with Crippen LogP contribution in [0.2, 0.25) is 0 Å². The smallest absolute Gasteiger partial charge is 0.185 e. The molecule has 3 rings (SSSR count). The number of fused-ring (bicyclic) bond motifs is 1. The number of hydrogen-bond acceptors (Lipinski definition) is 3. The highest BCUT2D eigenvalue weighted by atomic mass is 32.1. The predicted octanol–water partition coefficient (Wildman–Crippen LogP) is 3.99. The fraction of sp³-hybridized carbons (Fsp3) is 0. The van der Waals surface area contributed by atoms with E-state index in [-0.39, 0.29) is 0 Å². The van der Waals surface area contributed by atoms with Gasteiger partial charge in [0, 0.05) is 4.70 Å². The van der Waals surface area contributed by atoms with Crippen LogP contribution in [0.1, 0.15) is 10.6 Å². The molecule has 2 aromatic heterocycles. The minimum absolute atomic E-state index is 0.375. The Labute approximate surface area is 97.1 Å². The third kappa shape index (κ3) is 2.58. The molecule has 0 amide bonds. The van der Waals surface area contributed by atoms with Gasteiger partial charge in [-0.15, -0.1) is 11.3 Å². The van der Waals surface area contributed by atoms with E-state index in [1.807, 2.05) is 0 Å². The van der Waals surface area contributed by atoms with Crippen LogP contribution in [0.3, 0.4) is 0 Å². The highest BCUT2D eigenvalue weighted by Gasteiger charge is 1.88. The van der Waals surface area contributed by atoms with E-state index in [2.05, 4.69) is 40.1 Å². The second-order valence-electron chi connectivity index (χ2n) is 3.09. The molecule has 0 aliphatic carbocycles. The summed E-state index contributed by atoms with van der Waals surface area (Å²) >= 11 is 1.79. The van der Waals surface area contributed by atoms with Crippen LogP contribution in [0.4, 0.5) is 0 Å². The molecular weight excluding hydrogens is 220 g/mol. The fourth-order valence-electron chi connectivity index (χ4n) is 1.26. The minimum atomic E-state index is 0.375. The molecule has 16 heavy (non-hydrogen) atoms. The molecule has 0 spiro atoms. The fourth-order valence-corrected chi connectivity index (χ4v) is 2.06. The Balaban J connectivity index is 0.000000125. The van der Waals surface area contributed by atoms with Crippen LogP contribution in [0.5, 0.6) is 0 Å². The first-order valence-electron chi connectivity index (χ1n) is 4.81. The van der Waals surface area contributed by atoms with Gasteiger partial charge in [-0.3, -0.25) is 4.79 Å². The summed E-state index contributed by atoms with van der Waals surface area (Å²) in [5, 5.41) is 3.47. The van der Waals surface area contributed by atoms with E-state index >= 15 is 0 Å². The van der Waals surface area contributed by atoms with Gasteiger partial charge in [0.25, 0.3) is 0 Å². The molecule has 0 saturated carbocycles. The van der Waals surface area contributed by atoms with Crippen LogP contribution >= 0.6 is 11.3 Å². The number of thiophene rings is 1. The van der Waals surface area contributed by atoms with E-state index in [1.54, 1.807) is 23.5 Å². The minimum Gasteiger partial charge on any atom is -0.462 e. The zero-order valence-corrected chi connectivity index (χ0v) is 9.31. The third-order valence-electron chi connectivity index (χ3n) is 2.02. The van der Waals surface area contributed by atoms with Gasteiger partial charge in [-0.25, -0.2) is 0 Å². The van der Waals surface area contributed by atoms with Gasteiger partial charge in [-0.05, 0) is 35.0 Å². The molecule has 0 bridgehead atoms. The van der Waals surface area contributed by atoms with Crippen molar-refractivity contribution >= 4 is 27.7 Å². The zero-order chi connectivity index (χ0) is 11.2. The SMILES string of the molecule is O=Cc1ccco1.c1ccc2sccc2c1. The molecule has 3 aromatic rings. The summed E-state index contributed by atoms with van der Waals surface area (Å²) in [6.07, 6.45) is 2.13. The summed E-state index contributed by atoms with van der Waals surface area (Å²) in [6.45, 7) is 0. The number of hydrogen-bond donors (Lipinski definition) is 0. The summed E-state index contributed by atoms with van der Waals surface area (Å²) in [6, 6.07) is 13.8. The number of furan rings is 1. The van der Waals surface area contributed by atoms with Crippen molar-refractivity contribution in [3.05, 3.63) is 59.9 Å². The molecule has 0 aliphatic rings. The molecule has 3 heteroatoms. The van der Waals surface area contributed by atoms with E-state index in [0.717, 1.165) is 0 Å². The van der Waals surface area contributed by atoms with Crippen LogP contribution in [-0.4, -0.2) is 6.29 Å². The number of carbonyl (C=O) groups excluding carboxylic acids is 1.